The molecule has 19 heavy (non-hydrogen) atoms. The van der Waals surface area contributed by atoms with Gasteiger partial charge in [0.1, 0.15) is 5.78 Å². The molecule has 110 valence electrons. The Bertz CT molecular complexity index is 317. The predicted molar refractivity (Wildman–Crippen MR) is 77.0 cm³/mol. The molecule has 2 fully saturated rings. The molecule has 0 radical (unpaired) electrons. The predicted octanol–water partition coefficient (Wildman–Crippen LogP) is 2.47. The van der Waals surface area contributed by atoms with Crippen LogP contribution in [0.5, 0.6) is 0 Å². The Labute approximate surface area is 117 Å². The van der Waals surface area contributed by atoms with E-state index in [4.69, 9.17) is 0 Å². The molecule has 2 atom stereocenters. The SMILES string of the molecule is CC(O)C1CCN(CC2CCCC(C)(C)C2=O)CC1. The van der Waals surface area contributed by atoms with Crippen molar-refractivity contribution in [1.29, 1.82) is 0 Å². The quantitative estimate of drug-likeness (QED) is 0.854. The van der Waals surface area contributed by atoms with E-state index >= 15 is 0 Å². The Morgan fingerprint density at radius 1 is 1.32 bits per heavy atom. The van der Waals surface area contributed by atoms with Gasteiger partial charge in [-0.3, -0.25) is 4.79 Å². The average Bonchev–Trinajstić information content (AvgIpc) is 2.35. The van der Waals surface area contributed by atoms with E-state index in [-0.39, 0.29) is 17.4 Å². The molecular weight excluding hydrogens is 238 g/mol. The molecule has 1 saturated heterocycles. The van der Waals surface area contributed by atoms with E-state index in [1.54, 1.807) is 0 Å². The van der Waals surface area contributed by atoms with Crippen LogP contribution in [-0.2, 0) is 4.79 Å². The molecule has 0 spiro atoms. The van der Waals surface area contributed by atoms with E-state index in [2.05, 4.69) is 18.7 Å². The summed E-state index contributed by atoms with van der Waals surface area (Å²) < 4.78 is 0. The van der Waals surface area contributed by atoms with Crippen molar-refractivity contribution in [3.63, 3.8) is 0 Å². The van der Waals surface area contributed by atoms with Crippen molar-refractivity contribution in [2.45, 2.75) is 59.0 Å². The number of aliphatic hydroxyl groups is 1. The van der Waals surface area contributed by atoms with Gasteiger partial charge in [0.05, 0.1) is 6.10 Å². The first-order valence-corrected chi connectivity index (χ1v) is 7.85. The van der Waals surface area contributed by atoms with Gasteiger partial charge in [-0.05, 0) is 51.6 Å². The van der Waals surface area contributed by atoms with Crippen molar-refractivity contribution >= 4 is 5.78 Å². The molecule has 2 rings (SSSR count). The summed E-state index contributed by atoms with van der Waals surface area (Å²) in [5, 5.41) is 9.62. The number of likely N-dealkylation sites (tertiary alicyclic amines) is 1. The lowest BCUT2D eigenvalue weighted by Crippen LogP contribution is -2.45. The monoisotopic (exact) mass is 267 g/mol. The van der Waals surface area contributed by atoms with Crippen LogP contribution in [-0.4, -0.2) is 41.5 Å². The zero-order valence-corrected chi connectivity index (χ0v) is 12.7. The maximum Gasteiger partial charge on any atom is 0.142 e. The number of aliphatic hydroxyl groups excluding tert-OH is 1. The molecule has 1 N–H and O–H groups in total. The van der Waals surface area contributed by atoms with Crippen LogP contribution in [0.3, 0.4) is 0 Å². The molecule has 2 unspecified atom stereocenters. The Kier molecular flexibility index (Phi) is 4.67. The standard InChI is InChI=1S/C16H29NO2/c1-12(18)13-6-9-17(10-7-13)11-14-5-4-8-16(2,3)15(14)19/h12-14,18H,4-11H2,1-3H3. The summed E-state index contributed by atoms with van der Waals surface area (Å²) in [5.74, 6) is 1.16. The van der Waals surface area contributed by atoms with Gasteiger partial charge in [-0.1, -0.05) is 20.3 Å². The first-order valence-electron chi connectivity index (χ1n) is 7.85. The van der Waals surface area contributed by atoms with Gasteiger partial charge >= 0.3 is 0 Å². The van der Waals surface area contributed by atoms with Crippen molar-refractivity contribution < 1.29 is 9.90 Å². The third kappa shape index (κ3) is 3.57. The summed E-state index contributed by atoms with van der Waals surface area (Å²) in [6.45, 7) is 9.12. The molecular formula is C16H29NO2. The van der Waals surface area contributed by atoms with Gasteiger partial charge in [-0.15, -0.1) is 0 Å². The Morgan fingerprint density at radius 3 is 2.53 bits per heavy atom. The first kappa shape index (κ1) is 15.0. The summed E-state index contributed by atoms with van der Waals surface area (Å²) in [4.78, 5) is 14.9. The fraction of sp³-hybridized carbons (Fsp3) is 0.938. The molecule has 1 aliphatic carbocycles. The second-order valence-corrected chi connectivity index (χ2v) is 7.22. The van der Waals surface area contributed by atoms with Crippen LogP contribution in [0.25, 0.3) is 0 Å². The van der Waals surface area contributed by atoms with E-state index in [9.17, 15) is 9.90 Å². The minimum atomic E-state index is -0.183. The Hall–Kier alpha value is -0.410. The second kappa shape index (κ2) is 5.92. The lowest BCUT2D eigenvalue weighted by Gasteiger charge is -2.39. The third-order valence-corrected chi connectivity index (χ3v) is 5.19. The molecule has 3 heteroatoms. The van der Waals surface area contributed by atoms with Crippen LogP contribution in [0.15, 0.2) is 0 Å². The van der Waals surface area contributed by atoms with Crippen LogP contribution in [0.2, 0.25) is 0 Å². The van der Waals surface area contributed by atoms with Crippen molar-refractivity contribution in [2.24, 2.45) is 17.3 Å². The molecule has 3 nitrogen and oxygen atoms in total. The molecule has 1 heterocycles. The van der Waals surface area contributed by atoms with Crippen LogP contribution in [0.4, 0.5) is 0 Å². The summed E-state index contributed by atoms with van der Waals surface area (Å²) in [5.41, 5.74) is -0.110. The van der Waals surface area contributed by atoms with E-state index in [0.29, 0.717) is 11.7 Å². The molecule has 1 saturated carbocycles. The third-order valence-electron chi connectivity index (χ3n) is 5.19. The fourth-order valence-corrected chi connectivity index (χ4v) is 3.70. The number of rotatable bonds is 3. The number of hydrogen-bond acceptors (Lipinski definition) is 3. The van der Waals surface area contributed by atoms with Gasteiger partial charge in [0, 0.05) is 17.9 Å². The average molecular weight is 267 g/mol. The first-order chi connectivity index (χ1) is 8.90. The van der Waals surface area contributed by atoms with E-state index in [1.807, 2.05) is 6.92 Å². The van der Waals surface area contributed by atoms with Crippen molar-refractivity contribution in [3.05, 3.63) is 0 Å². The molecule has 0 amide bonds. The largest absolute Gasteiger partial charge is 0.393 e. The number of ketones is 1. The van der Waals surface area contributed by atoms with Gasteiger partial charge < -0.3 is 10.0 Å². The molecule has 0 bridgehead atoms. The van der Waals surface area contributed by atoms with Crippen LogP contribution < -0.4 is 0 Å². The van der Waals surface area contributed by atoms with Crippen molar-refractivity contribution in [1.82, 2.24) is 4.90 Å². The van der Waals surface area contributed by atoms with Crippen LogP contribution in [0.1, 0.15) is 52.9 Å². The number of carbonyl (C=O) groups excluding carboxylic acids is 1. The highest BCUT2D eigenvalue weighted by molar-refractivity contribution is 5.87. The lowest BCUT2D eigenvalue weighted by molar-refractivity contribution is -0.135. The number of nitrogens with zero attached hydrogens (tertiary/aromatic N) is 1. The number of Topliss-reactive ketones (excluding diaryl/α,β-unsaturated/α-hetero) is 1. The Morgan fingerprint density at radius 2 is 1.95 bits per heavy atom. The molecule has 0 aromatic carbocycles. The highest BCUT2D eigenvalue weighted by Gasteiger charge is 2.38. The highest BCUT2D eigenvalue weighted by Crippen LogP contribution is 2.36. The van der Waals surface area contributed by atoms with Crippen LogP contribution >= 0.6 is 0 Å². The number of hydrogen-bond donors (Lipinski definition) is 1. The van der Waals surface area contributed by atoms with Gasteiger partial charge in [0.2, 0.25) is 0 Å². The van der Waals surface area contributed by atoms with Gasteiger partial charge in [-0.25, -0.2) is 0 Å². The highest BCUT2D eigenvalue weighted by atomic mass is 16.3. The molecule has 2 aliphatic rings. The normalized spacial score (nSPS) is 31.4. The summed E-state index contributed by atoms with van der Waals surface area (Å²) >= 11 is 0. The summed E-state index contributed by atoms with van der Waals surface area (Å²) in [6.07, 6.45) is 5.26. The zero-order chi connectivity index (χ0) is 14.0. The van der Waals surface area contributed by atoms with Crippen LogP contribution in [0, 0.1) is 17.3 Å². The fourth-order valence-electron chi connectivity index (χ4n) is 3.70. The van der Waals surface area contributed by atoms with Gasteiger partial charge in [-0.2, -0.15) is 0 Å². The van der Waals surface area contributed by atoms with Crippen molar-refractivity contribution in [3.8, 4) is 0 Å². The lowest BCUT2D eigenvalue weighted by atomic mass is 9.71. The molecule has 0 aromatic rings. The number of piperidine rings is 1. The maximum absolute atomic E-state index is 12.4. The van der Waals surface area contributed by atoms with Crippen molar-refractivity contribution in [2.75, 3.05) is 19.6 Å². The summed E-state index contributed by atoms with van der Waals surface area (Å²) in [7, 11) is 0. The zero-order valence-electron chi connectivity index (χ0n) is 12.7. The van der Waals surface area contributed by atoms with E-state index < -0.39 is 0 Å². The maximum atomic E-state index is 12.4. The van der Waals surface area contributed by atoms with Gasteiger partial charge in [0.25, 0.3) is 0 Å². The van der Waals surface area contributed by atoms with E-state index in [1.165, 1.54) is 6.42 Å². The molecule has 0 aromatic heterocycles. The summed E-state index contributed by atoms with van der Waals surface area (Å²) in [6, 6.07) is 0. The number of carbonyl (C=O) groups is 1. The van der Waals surface area contributed by atoms with E-state index in [0.717, 1.165) is 45.3 Å². The minimum Gasteiger partial charge on any atom is -0.393 e. The topological polar surface area (TPSA) is 40.5 Å². The second-order valence-electron chi connectivity index (χ2n) is 7.22. The Balaban J connectivity index is 1.84. The smallest absolute Gasteiger partial charge is 0.142 e. The van der Waals surface area contributed by atoms with Gasteiger partial charge in [0.15, 0.2) is 0 Å². The minimum absolute atomic E-state index is 0.110. The molecule has 1 aliphatic heterocycles.